The van der Waals surface area contributed by atoms with Crippen molar-refractivity contribution in [2.75, 3.05) is 6.54 Å². The molecule has 0 aromatic heterocycles. The van der Waals surface area contributed by atoms with Gasteiger partial charge in [-0.1, -0.05) is 110 Å². The van der Waals surface area contributed by atoms with Crippen molar-refractivity contribution < 1.29 is 14.7 Å². The van der Waals surface area contributed by atoms with Crippen molar-refractivity contribution in [2.24, 2.45) is 0 Å². The molecule has 0 heterocycles. The highest BCUT2D eigenvalue weighted by Gasteiger charge is 2.19. The predicted octanol–water partition coefficient (Wildman–Crippen LogP) is 8.13. The number of carboxylic acid groups (broad SMARTS) is 1. The third-order valence-corrected chi connectivity index (χ3v) is 6.36. The second kappa shape index (κ2) is 22.1. The van der Waals surface area contributed by atoms with Gasteiger partial charge in [-0.25, -0.2) is 0 Å². The Morgan fingerprint density at radius 3 is 1.58 bits per heavy atom. The molecule has 0 bridgehead atoms. The number of nitrogens with zero attached hydrogens (tertiary/aromatic N) is 1. The van der Waals surface area contributed by atoms with Crippen molar-refractivity contribution in [3.8, 4) is 0 Å². The molecular weight excluding hydrogens is 386 g/mol. The fourth-order valence-corrected chi connectivity index (χ4v) is 4.27. The second-order valence-corrected chi connectivity index (χ2v) is 9.42. The third-order valence-electron chi connectivity index (χ3n) is 6.36. The van der Waals surface area contributed by atoms with E-state index in [1.807, 2.05) is 0 Å². The van der Waals surface area contributed by atoms with E-state index in [9.17, 15) is 9.59 Å². The summed E-state index contributed by atoms with van der Waals surface area (Å²) in [5.41, 5.74) is 0. The van der Waals surface area contributed by atoms with Gasteiger partial charge >= 0.3 is 5.97 Å². The van der Waals surface area contributed by atoms with Crippen LogP contribution in [0.15, 0.2) is 0 Å². The van der Waals surface area contributed by atoms with Gasteiger partial charge in [-0.3, -0.25) is 9.59 Å². The summed E-state index contributed by atoms with van der Waals surface area (Å²) >= 11 is 0. The first-order valence-electron chi connectivity index (χ1n) is 13.5. The second-order valence-electron chi connectivity index (χ2n) is 9.42. The molecule has 0 saturated carbocycles. The molecule has 1 N–H and O–H groups in total. The highest BCUT2D eigenvalue weighted by molar-refractivity contribution is 5.77. The van der Waals surface area contributed by atoms with Gasteiger partial charge in [-0.2, -0.15) is 0 Å². The molecule has 1 atom stereocenters. The van der Waals surface area contributed by atoms with Crippen molar-refractivity contribution in [3.63, 3.8) is 0 Å². The largest absolute Gasteiger partial charge is 0.481 e. The monoisotopic (exact) mass is 439 g/mol. The lowest BCUT2D eigenvalue weighted by atomic mass is 10.0. The minimum absolute atomic E-state index is 0.0867. The first kappa shape index (κ1) is 29.9. The highest BCUT2D eigenvalue weighted by Crippen LogP contribution is 2.17. The molecule has 0 aliphatic heterocycles. The summed E-state index contributed by atoms with van der Waals surface area (Å²) in [5.74, 6) is -0.664. The van der Waals surface area contributed by atoms with E-state index in [2.05, 4.69) is 25.7 Å². The van der Waals surface area contributed by atoms with E-state index in [1.165, 1.54) is 96.3 Å². The van der Waals surface area contributed by atoms with Gasteiger partial charge in [-0.15, -0.1) is 0 Å². The van der Waals surface area contributed by atoms with Gasteiger partial charge < -0.3 is 10.0 Å². The van der Waals surface area contributed by atoms with Crippen LogP contribution in [0.1, 0.15) is 149 Å². The molecule has 184 valence electrons. The van der Waals surface area contributed by atoms with E-state index in [-0.39, 0.29) is 18.4 Å². The summed E-state index contributed by atoms with van der Waals surface area (Å²) in [6.45, 7) is 7.50. The Morgan fingerprint density at radius 2 is 1.10 bits per heavy atom. The van der Waals surface area contributed by atoms with E-state index < -0.39 is 5.97 Å². The summed E-state index contributed by atoms with van der Waals surface area (Å²) in [6, 6.07) is 0.266. The maximum atomic E-state index is 12.7. The molecule has 0 radical (unpaired) electrons. The zero-order valence-electron chi connectivity index (χ0n) is 21.1. The van der Waals surface area contributed by atoms with Crippen LogP contribution in [0.25, 0.3) is 0 Å². The Hall–Kier alpha value is -1.06. The summed E-state index contributed by atoms with van der Waals surface area (Å²) in [4.78, 5) is 25.6. The molecule has 1 amide bonds. The third kappa shape index (κ3) is 19.4. The van der Waals surface area contributed by atoms with Gasteiger partial charge in [0.1, 0.15) is 0 Å². The molecule has 0 aliphatic rings. The number of carbonyl (C=O) groups excluding carboxylic acids is 1. The van der Waals surface area contributed by atoms with Crippen LogP contribution in [0.5, 0.6) is 0 Å². The van der Waals surface area contributed by atoms with E-state index in [4.69, 9.17) is 5.11 Å². The van der Waals surface area contributed by atoms with E-state index in [1.54, 1.807) is 0 Å². The SMILES string of the molecule is CCCCCCCCCCCCC(C)N(CCCCCCCC)C(=O)CCCC(=O)O. The standard InChI is InChI=1S/C27H53NO3/c1-4-6-8-10-12-13-14-15-16-18-21-25(3)28(24-19-17-11-9-7-5-2)26(29)22-20-23-27(30)31/h25H,4-24H2,1-3H3,(H,30,31). The van der Waals surface area contributed by atoms with E-state index in [0.717, 1.165) is 19.4 Å². The normalized spacial score (nSPS) is 12.1. The lowest BCUT2D eigenvalue weighted by Gasteiger charge is -2.30. The summed E-state index contributed by atoms with van der Waals surface area (Å²) < 4.78 is 0. The number of aliphatic carboxylic acids is 1. The smallest absolute Gasteiger partial charge is 0.303 e. The Kier molecular flexibility index (Phi) is 21.4. The number of unbranched alkanes of at least 4 members (excludes halogenated alkanes) is 14. The maximum absolute atomic E-state index is 12.7. The fourth-order valence-electron chi connectivity index (χ4n) is 4.27. The maximum Gasteiger partial charge on any atom is 0.303 e. The van der Waals surface area contributed by atoms with Gasteiger partial charge in [0.25, 0.3) is 0 Å². The number of hydrogen-bond donors (Lipinski definition) is 1. The Bertz CT molecular complexity index is 425. The molecule has 31 heavy (non-hydrogen) atoms. The van der Waals surface area contributed by atoms with Crippen molar-refractivity contribution >= 4 is 11.9 Å². The lowest BCUT2D eigenvalue weighted by Crippen LogP contribution is -2.39. The highest BCUT2D eigenvalue weighted by atomic mass is 16.4. The number of carboxylic acids is 1. The average Bonchev–Trinajstić information content (AvgIpc) is 2.74. The van der Waals surface area contributed by atoms with Crippen LogP contribution >= 0.6 is 0 Å². The molecule has 4 heteroatoms. The molecule has 0 rings (SSSR count). The summed E-state index contributed by atoms with van der Waals surface area (Å²) in [5, 5.41) is 8.85. The Balaban J connectivity index is 4.15. The van der Waals surface area contributed by atoms with Crippen LogP contribution in [0.3, 0.4) is 0 Å². The number of carbonyl (C=O) groups is 2. The lowest BCUT2D eigenvalue weighted by molar-refractivity contribution is -0.137. The summed E-state index contributed by atoms with van der Waals surface area (Å²) in [7, 11) is 0. The van der Waals surface area contributed by atoms with Crippen LogP contribution in [0.4, 0.5) is 0 Å². The van der Waals surface area contributed by atoms with Crippen molar-refractivity contribution in [1.82, 2.24) is 4.90 Å². The predicted molar refractivity (Wildman–Crippen MR) is 132 cm³/mol. The van der Waals surface area contributed by atoms with Gasteiger partial charge in [0.15, 0.2) is 0 Å². The van der Waals surface area contributed by atoms with Crippen LogP contribution < -0.4 is 0 Å². The first-order valence-corrected chi connectivity index (χ1v) is 13.5. The molecule has 1 unspecified atom stereocenters. The van der Waals surface area contributed by atoms with Crippen molar-refractivity contribution in [1.29, 1.82) is 0 Å². The first-order chi connectivity index (χ1) is 15.0. The van der Waals surface area contributed by atoms with Crippen molar-refractivity contribution in [3.05, 3.63) is 0 Å². The average molecular weight is 440 g/mol. The van der Waals surface area contributed by atoms with Gasteiger partial charge in [0.05, 0.1) is 0 Å². The number of hydrogen-bond acceptors (Lipinski definition) is 2. The van der Waals surface area contributed by atoms with Crippen LogP contribution in [0, 0.1) is 0 Å². The molecule has 0 saturated heterocycles. The Morgan fingerprint density at radius 1 is 0.645 bits per heavy atom. The molecule has 0 spiro atoms. The van der Waals surface area contributed by atoms with E-state index >= 15 is 0 Å². The topological polar surface area (TPSA) is 57.6 Å². The number of amides is 1. The Labute approximate surface area is 193 Å². The molecule has 0 aromatic carbocycles. The number of rotatable bonds is 23. The minimum atomic E-state index is -0.811. The van der Waals surface area contributed by atoms with Gasteiger partial charge in [-0.05, 0) is 26.2 Å². The minimum Gasteiger partial charge on any atom is -0.481 e. The molecular formula is C27H53NO3. The van der Waals surface area contributed by atoms with Crippen molar-refractivity contribution in [2.45, 2.75) is 155 Å². The molecule has 0 aliphatic carbocycles. The fraction of sp³-hybridized carbons (Fsp3) is 0.926. The van der Waals surface area contributed by atoms with Crippen LogP contribution in [-0.4, -0.2) is 34.5 Å². The van der Waals surface area contributed by atoms with Crippen LogP contribution in [-0.2, 0) is 9.59 Å². The van der Waals surface area contributed by atoms with Gasteiger partial charge in [0.2, 0.25) is 5.91 Å². The quantitative estimate of drug-likeness (QED) is 0.163. The summed E-state index contributed by atoms with van der Waals surface area (Å²) in [6.07, 6.45) is 22.6. The molecule has 0 fully saturated rings. The van der Waals surface area contributed by atoms with Gasteiger partial charge in [0, 0.05) is 25.4 Å². The molecule has 0 aromatic rings. The van der Waals surface area contributed by atoms with E-state index in [0.29, 0.717) is 12.8 Å². The zero-order valence-corrected chi connectivity index (χ0v) is 21.1. The van der Waals surface area contributed by atoms with Crippen LogP contribution in [0.2, 0.25) is 0 Å². The molecule has 4 nitrogen and oxygen atoms in total. The zero-order chi connectivity index (χ0) is 23.2.